The molecule has 1 saturated carbocycles. The molecule has 2 atom stereocenters. The van der Waals surface area contributed by atoms with Gasteiger partial charge in [0.05, 0.1) is 4.90 Å². The van der Waals surface area contributed by atoms with Gasteiger partial charge in [-0.1, -0.05) is 34.1 Å². The summed E-state index contributed by atoms with van der Waals surface area (Å²) in [7, 11) is -3.57. The van der Waals surface area contributed by atoms with Crippen molar-refractivity contribution >= 4 is 31.9 Å². The lowest BCUT2D eigenvalue weighted by Crippen LogP contribution is -2.51. The van der Waals surface area contributed by atoms with Gasteiger partial charge in [0.1, 0.15) is 5.82 Å². The zero-order valence-corrected chi connectivity index (χ0v) is 17.5. The molecule has 0 aromatic heterocycles. The Balaban J connectivity index is 1.37. The van der Waals surface area contributed by atoms with Crippen LogP contribution in [0.5, 0.6) is 0 Å². The van der Waals surface area contributed by atoms with Gasteiger partial charge in [-0.25, -0.2) is 12.8 Å². The molecule has 5 nitrogen and oxygen atoms in total. The first-order chi connectivity index (χ1) is 13.4. The van der Waals surface area contributed by atoms with E-state index < -0.39 is 10.0 Å². The van der Waals surface area contributed by atoms with E-state index in [9.17, 15) is 17.6 Å². The number of sulfonamides is 1. The maximum Gasteiger partial charge on any atom is 0.243 e. The standard InChI is InChI=1S/C20H20BrFN2O3S/c21-15-2-1-3-17(12-15)28(26,27)24-10-8-23(9-11-24)20(25)19-13-18(19)14-4-6-16(22)7-5-14/h1-7,12,18-19H,8-11,13H2. The van der Waals surface area contributed by atoms with E-state index in [4.69, 9.17) is 0 Å². The monoisotopic (exact) mass is 466 g/mol. The molecule has 2 aliphatic rings. The van der Waals surface area contributed by atoms with Gasteiger partial charge in [-0.15, -0.1) is 0 Å². The number of piperazine rings is 1. The summed E-state index contributed by atoms with van der Waals surface area (Å²) >= 11 is 3.30. The molecule has 0 radical (unpaired) electrons. The summed E-state index contributed by atoms with van der Waals surface area (Å²) in [5.41, 5.74) is 0.982. The largest absolute Gasteiger partial charge is 0.340 e. The van der Waals surface area contributed by atoms with Crippen molar-refractivity contribution in [3.05, 3.63) is 64.4 Å². The van der Waals surface area contributed by atoms with Crippen LogP contribution in [0.1, 0.15) is 17.9 Å². The normalized spacial score (nSPS) is 22.9. The summed E-state index contributed by atoms with van der Waals surface area (Å²) < 4.78 is 40.8. The summed E-state index contributed by atoms with van der Waals surface area (Å²) in [6.45, 7) is 1.35. The fraction of sp³-hybridized carbons (Fsp3) is 0.350. The van der Waals surface area contributed by atoms with E-state index in [1.165, 1.54) is 16.4 Å². The first-order valence-corrected chi connectivity index (χ1v) is 11.4. The van der Waals surface area contributed by atoms with Crippen LogP contribution in [-0.4, -0.2) is 49.7 Å². The molecule has 2 unspecified atom stereocenters. The Morgan fingerprint density at radius 1 is 1.04 bits per heavy atom. The number of carbonyl (C=O) groups is 1. The number of benzene rings is 2. The SMILES string of the molecule is O=C(C1CC1c1ccc(F)cc1)N1CCN(S(=O)(=O)c2cccc(Br)c2)CC1. The Kier molecular flexibility index (Phi) is 5.28. The van der Waals surface area contributed by atoms with Crippen LogP contribution < -0.4 is 0 Å². The molecule has 2 aromatic rings. The van der Waals surface area contributed by atoms with Crippen LogP contribution in [0.2, 0.25) is 0 Å². The molecule has 4 rings (SSSR count). The molecule has 0 N–H and O–H groups in total. The second-order valence-electron chi connectivity index (χ2n) is 7.19. The minimum atomic E-state index is -3.57. The highest BCUT2D eigenvalue weighted by atomic mass is 79.9. The first-order valence-electron chi connectivity index (χ1n) is 9.16. The molecule has 1 aliphatic carbocycles. The molecule has 1 saturated heterocycles. The van der Waals surface area contributed by atoms with Crippen LogP contribution >= 0.6 is 15.9 Å². The highest BCUT2D eigenvalue weighted by molar-refractivity contribution is 9.10. The summed E-state index contributed by atoms with van der Waals surface area (Å²) in [5, 5.41) is 0. The van der Waals surface area contributed by atoms with Crippen LogP contribution in [0.3, 0.4) is 0 Å². The average molecular weight is 467 g/mol. The third-order valence-electron chi connectivity index (χ3n) is 5.39. The molecular formula is C20H20BrFN2O3S. The average Bonchev–Trinajstić information content (AvgIpc) is 3.49. The van der Waals surface area contributed by atoms with Crippen molar-refractivity contribution in [3.8, 4) is 0 Å². The Labute approximate surface area is 172 Å². The van der Waals surface area contributed by atoms with E-state index >= 15 is 0 Å². The van der Waals surface area contributed by atoms with Gasteiger partial charge < -0.3 is 4.90 Å². The van der Waals surface area contributed by atoms with Gasteiger partial charge in [0.25, 0.3) is 0 Å². The topological polar surface area (TPSA) is 57.7 Å². The van der Waals surface area contributed by atoms with E-state index in [0.717, 1.165) is 12.0 Å². The molecule has 1 heterocycles. The van der Waals surface area contributed by atoms with E-state index in [0.29, 0.717) is 17.6 Å². The number of amides is 1. The Bertz CT molecular complexity index is 989. The zero-order chi connectivity index (χ0) is 19.9. The second-order valence-corrected chi connectivity index (χ2v) is 10.0. The molecule has 0 spiro atoms. The van der Waals surface area contributed by atoms with Crippen molar-refractivity contribution in [2.45, 2.75) is 17.2 Å². The van der Waals surface area contributed by atoms with Gasteiger partial charge in [0.2, 0.25) is 15.9 Å². The third-order valence-corrected chi connectivity index (χ3v) is 7.78. The number of carbonyl (C=O) groups excluding carboxylic acids is 1. The molecule has 1 amide bonds. The Hall–Kier alpha value is -1.77. The predicted octanol–water partition coefficient (Wildman–Crippen LogP) is 3.22. The lowest BCUT2D eigenvalue weighted by molar-refractivity contribution is -0.133. The number of hydrogen-bond donors (Lipinski definition) is 0. The summed E-state index contributed by atoms with van der Waals surface area (Å²) in [4.78, 5) is 14.8. The maximum atomic E-state index is 13.1. The minimum Gasteiger partial charge on any atom is -0.340 e. The third kappa shape index (κ3) is 3.86. The van der Waals surface area contributed by atoms with E-state index in [1.807, 2.05) is 0 Å². The van der Waals surface area contributed by atoms with Gasteiger partial charge in [-0.05, 0) is 48.2 Å². The smallest absolute Gasteiger partial charge is 0.243 e. The van der Waals surface area contributed by atoms with Crippen molar-refractivity contribution in [3.63, 3.8) is 0 Å². The van der Waals surface area contributed by atoms with Crippen LogP contribution in [0.4, 0.5) is 4.39 Å². The maximum absolute atomic E-state index is 13.1. The Morgan fingerprint density at radius 2 is 1.71 bits per heavy atom. The van der Waals surface area contributed by atoms with E-state index in [2.05, 4.69) is 15.9 Å². The molecule has 1 aliphatic heterocycles. The fourth-order valence-corrected chi connectivity index (χ4v) is 5.73. The summed E-state index contributed by atoms with van der Waals surface area (Å²) in [5.74, 6) is -0.167. The van der Waals surface area contributed by atoms with Crippen molar-refractivity contribution in [1.82, 2.24) is 9.21 Å². The Morgan fingerprint density at radius 3 is 2.36 bits per heavy atom. The van der Waals surface area contributed by atoms with Crippen LogP contribution in [-0.2, 0) is 14.8 Å². The van der Waals surface area contributed by atoms with Crippen LogP contribution in [0.15, 0.2) is 57.9 Å². The molecule has 28 heavy (non-hydrogen) atoms. The van der Waals surface area contributed by atoms with Crippen molar-refractivity contribution in [2.75, 3.05) is 26.2 Å². The molecule has 2 aromatic carbocycles. The number of hydrogen-bond acceptors (Lipinski definition) is 3. The first kappa shape index (κ1) is 19.5. The summed E-state index contributed by atoms with van der Waals surface area (Å²) in [6, 6.07) is 12.9. The van der Waals surface area contributed by atoms with E-state index in [-0.39, 0.29) is 41.5 Å². The molecule has 2 fully saturated rings. The highest BCUT2D eigenvalue weighted by Crippen LogP contribution is 2.48. The molecule has 0 bridgehead atoms. The van der Waals surface area contributed by atoms with Crippen molar-refractivity contribution in [2.24, 2.45) is 5.92 Å². The van der Waals surface area contributed by atoms with Gasteiger partial charge >= 0.3 is 0 Å². The van der Waals surface area contributed by atoms with E-state index in [1.54, 1.807) is 41.3 Å². The molecule has 148 valence electrons. The second kappa shape index (κ2) is 7.57. The van der Waals surface area contributed by atoms with Gasteiger partial charge in [0, 0.05) is 36.6 Å². The van der Waals surface area contributed by atoms with Gasteiger partial charge in [-0.2, -0.15) is 4.31 Å². The fourth-order valence-electron chi connectivity index (χ4n) is 3.71. The lowest BCUT2D eigenvalue weighted by Gasteiger charge is -2.34. The van der Waals surface area contributed by atoms with Gasteiger partial charge in [0.15, 0.2) is 0 Å². The van der Waals surface area contributed by atoms with Gasteiger partial charge in [-0.3, -0.25) is 4.79 Å². The quantitative estimate of drug-likeness (QED) is 0.694. The van der Waals surface area contributed by atoms with Crippen LogP contribution in [0, 0.1) is 11.7 Å². The number of rotatable bonds is 4. The molecule has 8 heteroatoms. The van der Waals surface area contributed by atoms with Crippen LogP contribution in [0.25, 0.3) is 0 Å². The zero-order valence-electron chi connectivity index (χ0n) is 15.1. The summed E-state index contributed by atoms with van der Waals surface area (Å²) in [6.07, 6.45) is 0.765. The lowest BCUT2D eigenvalue weighted by atomic mass is 10.1. The van der Waals surface area contributed by atoms with Crippen molar-refractivity contribution < 1.29 is 17.6 Å². The minimum absolute atomic E-state index is 0.0637. The number of nitrogens with zero attached hydrogens (tertiary/aromatic N) is 2. The van der Waals surface area contributed by atoms with Crippen molar-refractivity contribution in [1.29, 1.82) is 0 Å². The highest BCUT2D eigenvalue weighted by Gasteiger charge is 2.46. The predicted molar refractivity (Wildman–Crippen MR) is 107 cm³/mol. The number of halogens is 2. The molecular weight excluding hydrogens is 447 g/mol.